The average molecular weight is 429 g/mol. The Balaban J connectivity index is 1.94. The Hall–Kier alpha value is -2.93. The number of ether oxygens (including phenoxy) is 1. The second-order valence-corrected chi connectivity index (χ2v) is 6.94. The van der Waals surface area contributed by atoms with Crippen LogP contribution in [0.25, 0.3) is 6.08 Å². The van der Waals surface area contributed by atoms with Crippen LogP contribution in [0.4, 0.5) is 4.79 Å². The third kappa shape index (κ3) is 3.93. The van der Waals surface area contributed by atoms with E-state index in [9.17, 15) is 14.4 Å². The van der Waals surface area contributed by atoms with Gasteiger partial charge in [-0.15, -0.1) is 0 Å². The van der Waals surface area contributed by atoms with Crippen molar-refractivity contribution in [1.29, 1.82) is 0 Å². The number of barbiturate groups is 1. The Morgan fingerprint density at radius 1 is 0.963 bits per heavy atom. The van der Waals surface area contributed by atoms with Crippen molar-refractivity contribution in [3.05, 3.63) is 69.7 Å². The fraction of sp³-hybridized carbons (Fsp3) is 0.150. The molecule has 1 fully saturated rings. The first kappa shape index (κ1) is 18.8. The van der Waals surface area contributed by atoms with Gasteiger partial charge in [-0.05, 0) is 29.8 Å². The van der Waals surface area contributed by atoms with Crippen molar-refractivity contribution in [3.63, 3.8) is 0 Å². The first-order chi connectivity index (χ1) is 12.9. The number of rotatable bonds is 4. The van der Waals surface area contributed by atoms with Crippen molar-refractivity contribution in [2.24, 2.45) is 0 Å². The van der Waals surface area contributed by atoms with Crippen LogP contribution in [-0.2, 0) is 16.2 Å². The van der Waals surface area contributed by atoms with Gasteiger partial charge in [0.25, 0.3) is 11.8 Å². The fourth-order valence-electron chi connectivity index (χ4n) is 2.63. The van der Waals surface area contributed by atoms with Crippen LogP contribution in [0.1, 0.15) is 11.1 Å². The van der Waals surface area contributed by atoms with Gasteiger partial charge in [-0.2, -0.15) is 0 Å². The van der Waals surface area contributed by atoms with Crippen molar-refractivity contribution in [2.45, 2.75) is 6.61 Å². The molecule has 0 spiro atoms. The van der Waals surface area contributed by atoms with Gasteiger partial charge >= 0.3 is 6.03 Å². The van der Waals surface area contributed by atoms with Crippen LogP contribution in [0.5, 0.6) is 5.75 Å². The Morgan fingerprint density at radius 2 is 1.59 bits per heavy atom. The largest absolute Gasteiger partial charge is 0.488 e. The lowest BCUT2D eigenvalue weighted by molar-refractivity contribution is -0.134. The van der Waals surface area contributed by atoms with Crippen molar-refractivity contribution in [3.8, 4) is 5.75 Å². The summed E-state index contributed by atoms with van der Waals surface area (Å²) < 4.78 is 6.66. The van der Waals surface area contributed by atoms with E-state index in [1.54, 1.807) is 12.1 Å². The molecular formula is C20H17BrN2O4. The van der Waals surface area contributed by atoms with Gasteiger partial charge in [0.05, 0.1) is 0 Å². The number of likely N-dealkylation sites (N-methyl/N-ethyl adjacent to an activating group) is 2. The molecule has 0 atom stereocenters. The van der Waals surface area contributed by atoms with Gasteiger partial charge < -0.3 is 4.74 Å². The van der Waals surface area contributed by atoms with Gasteiger partial charge in [-0.25, -0.2) is 4.79 Å². The molecule has 3 rings (SSSR count). The molecule has 7 heteroatoms. The van der Waals surface area contributed by atoms with Crippen LogP contribution in [0.15, 0.2) is 58.6 Å². The van der Waals surface area contributed by atoms with E-state index in [2.05, 4.69) is 15.9 Å². The topological polar surface area (TPSA) is 66.9 Å². The molecule has 0 saturated carbocycles. The summed E-state index contributed by atoms with van der Waals surface area (Å²) in [6.45, 7) is 0.346. The summed E-state index contributed by atoms with van der Waals surface area (Å²) in [5.41, 5.74) is 1.46. The molecular weight excluding hydrogens is 412 g/mol. The van der Waals surface area contributed by atoms with Crippen LogP contribution >= 0.6 is 15.9 Å². The normalized spacial score (nSPS) is 14.6. The molecule has 0 aromatic heterocycles. The van der Waals surface area contributed by atoms with Crippen LogP contribution < -0.4 is 4.74 Å². The number of carbonyl (C=O) groups is 3. The number of nitrogens with zero attached hydrogens (tertiary/aromatic N) is 2. The standard InChI is InChI=1S/C20H17BrN2O4/c1-22-18(24)16(19(25)23(2)20(22)26)11-14-10-15(21)8-9-17(14)27-12-13-6-4-3-5-7-13/h3-11H,12H2,1-2H3. The van der Waals surface area contributed by atoms with E-state index in [-0.39, 0.29) is 5.57 Å². The number of benzene rings is 2. The Kier molecular flexibility index (Phi) is 5.41. The monoisotopic (exact) mass is 428 g/mol. The van der Waals surface area contributed by atoms with Crippen molar-refractivity contribution >= 4 is 39.9 Å². The van der Waals surface area contributed by atoms with E-state index in [1.807, 2.05) is 36.4 Å². The maximum Gasteiger partial charge on any atom is 0.333 e. The molecule has 0 radical (unpaired) electrons. The smallest absolute Gasteiger partial charge is 0.333 e. The molecule has 1 aliphatic heterocycles. The van der Waals surface area contributed by atoms with Gasteiger partial charge in [0.15, 0.2) is 0 Å². The molecule has 1 saturated heterocycles. The zero-order valence-corrected chi connectivity index (χ0v) is 16.4. The third-order valence-corrected chi connectivity index (χ3v) is 4.65. The van der Waals surface area contributed by atoms with Crippen LogP contribution in [0.3, 0.4) is 0 Å². The SMILES string of the molecule is CN1C(=O)C(=Cc2cc(Br)ccc2OCc2ccccc2)C(=O)N(C)C1=O. The maximum atomic E-state index is 12.4. The quantitative estimate of drug-likeness (QED) is 0.552. The molecule has 6 nitrogen and oxygen atoms in total. The lowest BCUT2D eigenvalue weighted by atomic mass is 10.1. The Bertz CT molecular complexity index is 914. The van der Waals surface area contributed by atoms with Gasteiger partial charge in [0.2, 0.25) is 0 Å². The highest BCUT2D eigenvalue weighted by atomic mass is 79.9. The lowest BCUT2D eigenvalue weighted by Crippen LogP contribution is -2.52. The summed E-state index contributed by atoms with van der Waals surface area (Å²) in [4.78, 5) is 38.5. The third-order valence-electron chi connectivity index (χ3n) is 4.15. The summed E-state index contributed by atoms with van der Waals surface area (Å²) in [6.07, 6.45) is 1.45. The Morgan fingerprint density at radius 3 is 2.22 bits per heavy atom. The summed E-state index contributed by atoms with van der Waals surface area (Å²) in [6, 6.07) is 14.3. The van der Waals surface area contributed by atoms with E-state index < -0.39 is 17.8 Å². The summed E-state index contributed by atoms with van der Waals surface area (Å²) in [7, 11) is 2.68. The molecule has 27 heavy (non-hydrogen) atoms. The lowest BCUT2D eigenvalue weighted by Gasteiger charge is -2.29. The molecule has 4 amide bonds. The Labute approximate surface area is 165 Å². The zero-order valence-electron chi connectivity index (χ0n) is 14.8. The molecule has 0 aliphatic carbocycles. The van der Waals surface area contributed by atoms with Gasteiger partial charge in [0.1, 0.15) is 17.9 Å². The molecule has 2 aromatic carbocycles. The molecule has 1 heterocycles. The van der Waals surface area contributed by atoms with Gasteiger partial charge in [-0.1, -0.05) is 46.3 Å². The van der Waals surface area contributed by atoms with E-state index >= 15 is 0 Å². The molecule has 0 N–H and O–H groups in total. The van der Waals surface area contributed by atoms with Crippen molar-refractivity contribution < 1.29 is 19.1 Å². The maximum absolute atomic E-state index is 12.4. The first-order valence-corrected chi connectivity index (χ1v) is 8.96. The highest BCUT2D eigenvalue weighted by Crippen LogP contribution is 2.28. The van der Waals surface area contributed by atoms with Crippen LogP contribution in [0.2, 0.25) is 0 Å². The summed E-state index contributed by atoms with van der Waals surface area (Å²) in [5.74, 6) is -0.758. The highest BCUT2D eigenvalue weighted by Gasteiger charge is 2.37. The number of carbonyl (C=O) groups excluding carboxylic acids is 3. The van der Waals surface area contributed by atoms with Crippen molar-refractivity contribution in [1.82, 2.24) is 9.80 Å². The van der Waals surface area contributed by atoms with Gasteiger partial charge in [0, 0.05) is 24.1 Å². The van der Waals surface area contributed by atoms with E-state index in [1.165, 1.54) is 20.2 Å². The second kappa shape index (κ2) is 7.75. The predicted octanol–water partition coefficient (Wildman–Crippen LogP) is 3.46. The highest BCUT2D eigenvalue weighted by molar-refractivity contribution is 9.10. The molecule has 138 valence electrons. The van der Waals surface area contributed by atoms with E-state index in [4.69, 9.17) is 4.74 Å². The minimum absolute atomic E-state index is 0.0951. The molecule has 1 aliphatic rings. The van der Waals surface area contributed by atoms with Crippen LogP contribution in [-0.4, -0.2) is 41.7 Å². The van der Waals surface area contributed by atoms with E-state index in [0.29, 0.717) is 17.9 Å². The zero-order chi connectivity index (χ0) is 19.6. The minimum atomic E-state index is -0.656. The molecule has 0 bridgehead atoms. The number of hydrogen-bond donors (Lipinski definition) is 0. The number of halogens is 1. The summed E-state index contributed by atoms with van der Waals surface area (Å²) >= 11 is 3.39. The molecule has 0 unspecified atom stereocenters. The molecule has 2 aromatic rings. The van der Waals surface area contributed by atoms with Crippen molar-refractivity contribution in [2.75, 3.05) is 14.1 Å². The van der Waals surface area contributed by atoms with Crippen LogP contribution in [0, 0.1) is 0 Å². The number of hydrogen-bond acceptors (Lipinski definition) is 4. The number of amides is 4. The summed E-state index contributed by atoms with van der Waals surface area (Å²) in [5, 5.41) is 0. The predicted molar refractivity (Wildman–Crippen MR) is 104 cm³/mol. The fourth-order valence-corrected chi connectivity index (χ4v) is 3.01. The minimum Gasteiger partial charge on any atom is -0.488 e. The van der Waals surface area contributed by atoms with E-state index in [0.717, 1.165) is 19.8 Å². The average Bonchev–Trinajstić information content (AvgIpc) is 2.68. The second-order valence-electron chi connectivity index (χ2n) is 6.03. The number of urea groups is 1. The first-order valence-electron chi connectivity index (χ1n) is 8.16. The number of imide groups is 2. The van der Waals surface area contributed by atoms with Gasteiger partial charge in [-0.3, -0.25) is 19.4 Å².